The molecule has 2 heteroatoms. The van der Waals surface area contributed by atoms with Gasteiger partial charge in [-0.3, -0.25) is 0 Å². The summed E-state index contributed by atoms with van der Waals surface area (Å²) >= 11 is 0. The summed E-state index contributed by atoms with van der Waals surface area (Å²) < 4.78 is 5.81. The molecule has 0 aromatic heterocycles. The smallest absolute Gasteiger partial charge is 0.119 e. The van der Waals surface area contributed by atoms with E-state index in [0.29, 0.717) is 6.04 Å². The van der Waals surface area contributed by atoms with Crippen LogP contribution in [0, 0.1) is 0 Å². The molecule has 0 amide bonds. The number of hydrogen-bond acceptors (Lipinski definition) is 2. The molecule has 0 saturated heterocycles. The highest BCUT2D eigenvalue weighted by atomic mass is 16.5. The molecule has 1 atom stereocenters. The normalized spacial score (nSPS) is 12.4. The first-order chi connectivity index (χ1) is 8.30. The number of ether oxygens (including phenoxy) is 1. The summed E-state index contributed by atoms with van der Waals surface area (Å²) in [5, 5.41) is 3.45. The third kappa shape index (κ3) is 5.22. The molecule has 0 radical (unpaired) electrons. The summed E-state index contributed by atoms with van der Waals surface area (Å²) in [6, 6.07) is 8.87. The average molecular weight is 235 g/mol. The van der Waals surface area contributed by atoms with Crippen LogP contribution in [0.4, 0.5) is 0 Å². The van der Waals surface area contributed by atoms with E-state index in [-0.39, 0.29) is 0 Å². The number of benzene rings is 1. The van der Waals surface area contributed by atoms with Crippen LogP contribution < -0.4 is 10.1 Å². The Balaban J connectivity index is 2.41. The summed E-state index contributed by atoms with van der Waals surface area (Å²) in [5.74, 6) is 0.973. The molecule has 1 aromatic carbocycles. The van der Waals surface area contributed by atoms with Crippen molar-refractivity contribution >= 4 is 0 Å². The van der Waals surface area contributed by atoms with Crippen molar-refractivity contribution in [1.29, 1.82) is 0 Å². The highest BCUT2D eigenvalue weighted by Crippen LogP contribution is 2.13. The molecular formula is C15H25NO. The summed E-state index contributed by atoms with van der Waals surface area (Å²) in [5.41, 5.74) is 1.36. The van der Waals surface area contributed by atoms with Crippen LogP contribution in [0.15, 0.2) is 24.3 Å². The molecule has 0 bridgehead atoms. The van der Waals surface area contributed by atoms with Gasteiger partial charge in [-0.2, -0.15) is 0 Å². The van der Waals surface area contributed by atoms with Gasteiger partial charge in [0.25, 0.3) is 0 Å². The Morgan fingerprint density at radius 3 is 2.35 bits per heavy atom. The van der Waals surface area contributed by atoms with E-state index in [4.69, 9.17) is 4.74 Å². The van der Waals surface area contributed by atoms with Crippen LogP contribution in [0.1, 0.15) is 39.2 Å². The zero-order chi connectivity index (χ0) is 12.5. The fraction of sp³-hybridized carbons (Fsp3) is 0.600. The second-order valence-electron chi connectivity index (χ2n) is 4.35. The molecule has 2 nitrogen and oxygen atoms in total. The van der Waals surface area contributed by atoms with Crippen LogP contribution in [-0.2, 0) is 6.42 Å². The van der Waals surface area contributed by atoms with E-state index in [9.17, 15) is 0 Å². The maximum Gasteiger partial charge on any atom is 0.119 e. The third-order valence-electron chi connectivity index (χ3n) is 2.91. The molecule has 0 aliphatic heterocycles. The minimum atomic E-state index is 0.468. The molecule has 0 spiro atoms. The highest BCUT2D eigenvalue weighted by Gasteiger charge is 2.06. The minimum Gasteiger partial charge on any atom is -0.492 e. The van der Waals surface area contributed by atoms with E-state index < -0.39 is 0 Å². The van der Waals surface area contributed by atoms with Gasteiger partial charge in [0.2, 0.25) is 0 Å². The van der Waals surface area contributed by atoms with Gasteiger partial charge in [-0.15, -0.1) is 0 Å². The Hall–Kier alpha value is -1.02. The monoisotopic (exact) mass is 235 g/mol. The van der Waals surface area contributed by atoms with Crippen LogP contribution in [-0.4, -0.2) is 19.2 Å². The van der Waals surface area contributed by atoms with Crippen LogP contribution >= 0.6 is 0 Å². The van der Waals surface area contributed by atoms with Crippen molar-refractivity contribution in [2.75, 3.05) is 13.2 Å². The summed E-state index contributed by atoms with van der Waals surface area (Å²) in [6.45, 7) is 8.27. The first-order valence-electron chi connectivity index (χ1n) is 6.75. The third-order valence-corrected chi connectivity index (χ3v) is 2.91. The Labute approximate surface area is 105 Å². The summed E-state index contributed by atoms with van der Waals surface area (Å²) in [4.78, 5) is 0. The predicted octanol–water partition coefficient (Wildman–Crippen LogP) is 3.41. The quantitative estimate of drug-likeness (QED) is 0.745. The molecule has 0 saturated carbocycles. The van der Waals surface area contributed by atoms with Crippen molar-refractivity contribution in [3.8, 4) is 5.75 Å². The maximum absolute atomic E-state index is 5.81. The lowest BCUT2D eigenvalue weighted by Crippen LogP contribution is -2.34. The van der Waals surface area contributed by atoms with Crippen LogP contribution in [0.3, 0.4) is 0 Å². The molecule has 0 heterocycles. The van der Waals surface area contributed by atoms with Crippen LogP contribution in [0.5, 0.6) is 5.75 Å². The van der Waals surface area contributed by atoms with E-state index in [2.05, 4.69) is 50.4 Å². The second kappa shape index (κ2) is 8.13. The first-order valence-corrected chi connectivity index (χ1v) is 6.75. The van der Waals surface area contributed by atoms with Gasteiger partial charge < -0.3 is 10.1 Å². The molecule has 17 heavy (non-hydrogen) atoms. The largest absolute Gasteiger partial charge is 0.492 e. The summed E-state index contributed by atoms with van der Waals surface area (Å²) in [6.07, 6.45) is 3.44. The SMILES string of the molecule is CCCC(COc1ccc(CC)cc1)NCC. The van der Waals surface area contributed by atoms with E-state index >= 15 is 0 Å². The molecule has 96 valence electrons. The lowest BCUT2D eigenvalue weighted by Gasteiger charge is -2.17. The lowest BCUT2D eigenvalue weighted by molar-refractivity contribution is 0.257. The minimum absolute atomic E-state index is 0.468. The van der Waals surface area contributed by atoms with Gasteiger partial charge in [0, 0.05) is 6.04 Å². The number of likely N-dealkylation sites (N-methyl/N-ethyl adjacent to an activating group) is 1. The molecule has 1 unspecified atom stereocenters. The molecule has 1 rings (SSSR count). The molecular weight excluding hydrogens is 210 g/mol. The van der Waals surface area contributed by atoms with Gasteiger partial charge in [0.1, 0.15) is 12.4 Å². The van der Waals surface area contributed by atoms with Crippen molar-refractivity contribution in [1.82, 2.24) is 5.32 Å². The van der Waals surface area contributed by atoms with Crippen molar-refractivity contribution in [2.45, 2.75) is 46.1 Å². The van der Waals surface area contributed by atoms with E-state index in [1.54, 1.807) is 0 Å². The van der Waals surface area contributed by atoms with Gasteiger partial charge in [0.05, 0.1) is 0 Å². The number of rotatable bonds is 8. The van der Waals surface area contributed by atoms with E-state index in [0.717, 1.165) is 25.3 Å². The second-order valence-corrected chi connectivity index (χ2v) is 4.35. The van der Waals surface area contributed by atoms with Crippen molar-refractivity contribution < 1.29 is 4.74 Å². The summed E-state index contributed by atoms with van der Waals surface area (Å²) in [7, 11) is 0. The van der Waals surface area contributed by atoms with Crippen LogP contribution in [0.25, 0.3) is 0 Å². The van der Waals surface area contributed by atoms with Crippen LogP contribution in [0.2, 0.25) is 0 Å². The fourth-order valence-corrected chi connectivity index (χ4v) is 1.90. The van der Waals surface area contributed by atoms with Crippen molar-refractivity contribution in [2.24, 2.45) is 0 Å². The molecule has 0 aliphatic rings. The fourth-order valence-electron chi connectivity index (χ4n) is 1.90. The lowest BCUT2D eigenvalue weighted by atomic mass is 10.1. The standard InChI is InChI=1S/C15H25NO/c1-4-7-14(16-6-3)12-17-15-10-8-13(5-2)9-11-15/h8-11,14,16H,4-7,12H2,1-3H3. The van der Waals surface area contributed by atoms with E-state index in [1.165, 1.54) is 18.4 Å². The molecule has 1 N–H and O–H groups in total. The van der Waals surface area contributed by atoms with Gasteiger partial charge >= 0.3 is 0 Å². The predicted molar refractivity (Wildman–Crippen MR) is 73.7 cm³/mol. The average Bonchev–Trinajstić information content (AvgIpc) is 2.37. The Morgan fingerprint density at radius 2 is 1.82 bits per heavy atom. The van der Waals surface area contributed by atoms with Gasteiger partial charge in [-0.05, 0) is 37.1 Å². The van der Waals surface area contributed by atoms with E-state index in [1.807, 2.05) is 0 Å². The maximum atomic E-state index is 5.81. The number of nitrogens with one attached hydrogen (secondary N) is 1. The molecule has 1 aromatic rings. The van der Waals surface area contributed by atoms with Gasteiger partial charge in [0.15, 0.2) is 0 Å². The first kappa shape index (κ1) is 14.0. The Morgan fingerprint density at radius 1 is 1.12 bits per heavy atom. The zero-order valence-corrected chi connectivity index (χ0v) is 11.3. The molecule has 0 aliphatic carbocycles. The topological polar surface area (TPSA) is 21.3 Å². The van der Waals surface area contributed by atoms with Gasteiger partial charge in [-0.25, -0.2) is 0 Å². The van der Waals surface area contributed by atoms with Crippen molar-refractivity contribution in [3.05, 3.63) is 29.8 Å². The molecule has 0 fully saturated rings. The Bertz CT molecular complexity index is 288. The number of hydrogen-bond donors (Lipinski definition) is 1. The van der Waals surface area contributed by atoms with Gasteiger partial charge in [-0.1, -0.05) is 39.3 Å². The Kier molecular flexibility index (Phi) is 6.71. The zero-order valence-electron chi connectivity index (χ0n) is 11.3. The number of aryl methyl sites for hydroxylation is 1. The van der Waals surface area contributed by atoms with Crippen molar-refractivity contribution in [3.63, 3.8) is 0 Å². The highest BCUT2D eigenvalue weighted by molar-refractivity contribution is 5.27.